The predicted octanol–water partition coefficient (Wildman–Crippen LogP) is 13.6. The number of anilines is 3. The SMILES string of the molecule is c1ccc(-c2ccc(N(c3ccc4sc5ccccc5c4c3)c3cccc4c3-c3ccccc3C4(c3ccccc3)c3ccccc3)cc2)cc1. The summed E-state index contributed by atoms with van der Waals surface area (Å²) in [6, 6.07) is 73.5. The van der Waals surface area contributed by atoms with Crippen LogP contribution in [0.4, 0.5) is 17.1 Å². The molecule has 0 bridgehead atoms. The molecule has 0 unspecified atom stereocenters. The van der Waals surface area contributed by atoms with Crippen molar-refractivity contribution in [3.63, 3.8) is 0 Å². The third-order valence-corrected chi connectivity index (χ3v) is 11.7. The van der Waals surface area contributed by atoms with Crippen LogP contribution in [0.25, 0.3) is 42.4 Å². The average molecular weight is 668 g/mol. The lowest BCUT2D eigenvalue weighted by Crippen LogP contribution is -2.28. The molecule has 1 nitrogen and oxygen atoms in total. The van der Waals surface area contributed by atoms with E-state index in [-0.39, 0.29) is 0 Å². The summed E-state index contributed by atoms with van der Waals surface area (Å²) in [5.41, 5.74) is 13.1. The number of nitrogens with zero attached hydrogens (tertiary/aromatic N) is 1. The van der Waals surface area contributed by atoms with Crippen LogP contribution in [0.15, 0.2) is 200 Å². The maximum atomic E-state index is 2.47. The fraction of sp³-hybridized carbons (Fsp3) is 0.0204. The monoisotopic (exact) mass is 667 g/mol. The van der Waals surface area contributed by atoms with Crippen LogP contribution in [0, 0.1) is 0 Å². The third kappa shape index (κ3) is 4.61. The number of rotatable bonds is 6. The van der Waals surface area contributed by atoms with Gasteiger partial charge in [-0.2, -0.15) is 0 Å². The van der Waals surface area contributed by atoms with Crippen LogP contribution in [0.5, 0.6) is 0 Å². The van der Waals surface area contributed by atoms with E-state index in [0.29, 0.717) is 0 Å². The minimum absolute atomic E-state index is 0.471. The average Bonchev–Trinajstić information content (AvgIpc) is 3.73. The van der Waals surface area contributed by atoms with Crippen molar-refractivity contribution < 1.29 is 0 Å². The predicted molar refractivity (Wildman–Crippen MR) is 217 cm³/mol. The van der Waals surface area contributed by atoms with Crippen LogP contribution in [0.2, 0.25) is 0 Å². The van der Waals surface area contributed by atoms with Gasteiger partial charge >= 0.3 is 0 Å². The second-order valence-electron chi connectivity index (χ2n) is 13.3. The number of fused-ring (bicyclic) bond motifs is 6. The van der Waals surface area contributed by atoms with Gasteiger partial charge in [-0.1, -0.05) is 158 Å². The van der Waals surface area contributed by atoms with Gasteiger partial charge in [-0.15, -0.1) is 11.3 Å². The molecule has 0 saturated heterocycles. The summed E-state index contributed by atoms with van der Waals surface area (Å²) < 4.78 is 2.61. The van der Waals surface area contributed by atoms with Crippen molar-refractivity contribution >= 4 is 48.6 Å². The van der Waals surface area contributed by atoms with E-state index in [1.165, 1.54) is 70.4 Å². The van der Waals surface area contributed by atoms with Crippen LogP contribution in [0.3, 0.4) is 0 Å². The highest BCUT2D eigenvalue weighted by molar-refractivity contribution is 7.25. The normalized spacial score (nSPS) is 12.9. The summed E-state index contributed by atoms with van der Waals surface area (Å²) in [5, 5.41) is 2.59. The second kappa shape index (κ2) is 12.0. The molecule has 0 aliphatic heterocycles. The molecule has 0 saturated carbocycles. The maximum absolute atomic E-state index is 2.47. The Labute approximate surface area is 302 Å². The van der Waals surface area contributed by atoms with E-state index in [1.807, 2.05) is 11.3 Å². The zero-order chi connectivity index (χ0) is 33.8. The quantitative estimate of drug-likeness (QED) is 0.171. The summed E-state index contributed by atoms with van der Waals surface area (Å²) in [6.07, 6.45) is 0. The molecule has 2 heteroatoms. The molecule has 51 heavy (non-hydrogen) atoms. The molecule has 0 fully saturated rings. The Morgan fingerprint density at radius 1 is 0.392 bits per heavy atom. The van der Waals surface area contributed by atoms with Gasteiger partial charge in [0.2, 0.25) is 0 Å². The molecule has 0 radical (unpaired) electrons. The van der Waals surface area contributed by atoms with Gasteiger partial charge in [0.1, 0.15) is 0 Å². The van der Waals surface area contributed by atoms with Crippen molar-refractivity contribution in [1.82, 2.24) is 0 Å². The molecular formula is C49H33NS. The maximum Gasteiger partial charge on any atom is 0.0714 e. The van der Waals surface area contributed by atoms with E-state index in [9.17, 15) is 0 Å². The van der Waals surface area contributed by atoms with Gasteiger partial charge in [-0.3, -0.25) is 0 Å². The molecule has 1 heterocycles. The number of benzene rings is 8. The Morgan fingerprint density at radius 3 is 1.71 bits per heavy atom. The standard InChI is InChI=1S/C49H33NS/c1-4-15-34(16-5-1)35-27-29-38(30-28-35)50(39-31-32-47-42(33-39)40-21-11-13-26-46(40)51-47)45-25-14-24-44-48(45)41-22-10-12-23-43(41)49(44,36-17-6-2-7-18-36)37-19-8-3-9-20-37/h1-33H. The highest BCUT2D eigenvalue weighted by atomic mass is 32.1. The van der Waals surface area contributed by atoms with Crippen molar-refractivity contribution in [3.8, 4) is 22.3 Å². The van der Waals surface area contributed by atoms with Crippen LogP contribution in [-0.2, 0) is 5.41 Å². The lowest BCUT2D eigenvalue weighted by Gasteiger charge is -2.34. The first-order valence-electron chi connectivity index (χ1n) is 17.5. The van der Waals surface area contributed by atoms with E-state index in [0.717, 1.165) is 11.4 Å². The van der Waals surface area contributed by atoms with Crippen LogP contribution >= 0.6 is 11.3 Å². The third-order valence-electron chi connectivity index (χ3n) is 10.6. The first-order valence-corrected chi connectivity index (χ1v) is 18.3. The van der Waals surface area contributed by atoms with Crippen molar-refractivity contribution in [1.29, 1.82) is 0 Å². The van der Waals surface area contributed by atoms with Crippen LogP contribution < -0.4 is 4.90 Å². The Kier molecular flexibility index (Phi) is 6.97. The fourth-order valence-corrected chi connectivity index (χ4v) is 9.46. The Morgan fingerprint density at radius 2 is 0.961 bits per heavy atom. The highest BCUT2D eigenvalue weighted by Crippen LogP contribution is 2.59. The van der Waals surface area contributed by atoms with E-state index in [2.05, 4.69) is 205 Å². The molecule has 9 aromatic rings. The van der Waals surface area contributed by atoms with E-state index >= 15 is 0 Å². The highest BCUT2D eigenvalue weighted by Gasteiger charge is 2.47. The zero-order valence-electron chi connectivity index (χ0n) is 27.9. The number of thiophene rings is 1. The Bertz CT molecular complexity index is 2640. The smallest absolute Gasteiger partial charge is 0.0714 e. The van der Waals surface area contributed by atoms with E-state index < -0.39 is 5.41 Å². The van der Waals surface area contributed by atoms with Gasteiger partial charge in [0.25, 0.3) is 0 Å². The number of hydrogen-bond acceptors (Lipinski definition) is 2. The fourth-order valence-electron chi connectivity index (χ4n) is 8.37. The van der Waals surface area contributed by atoms with Gasteiger partial charge in [0.15, 0.2) is 0 Å². The van der Waals surface area contributed by atoms with Crippen LogP contribution in [-0.4, -0.2) is 0 Å². The largest absolute Gasteiger partial charge is 0.310 e. The minimum Gasteiger partial charge on any atom is -0.310 e. The summed E-state index contributed by atoms with van der Waals surface area (Å²) in [4.78, 5) is 2.47. The van der Waals surface area contributed by atoms with Gasteiger partial charge in [-0.25, -0.2) is 0 Å². The van der Waals surface area contributed by atoms with Gasteiger partial charge in [0.05, 0.1) is 11.1 Å². The van der Waals surface area contributed by atoms with Crippen molar-refractivity contribution in [3.05, 3.63) is 222 Å². The molecule has 240 valence electrons. The molecule has 1 aliphatic carbocycles. The summed E-state index contributed by atoms with van der Waals surface area (Å²) in [7, 11) is 0. The minimum atomic E-state index is -0.471. The van der Waals surface area contributed by atoms with Gasteiger partial charge < -0.3 is 4.90 Å². The first-order chi connectivity index (χ1) is 25.3. The molecule has 10 rings (SSSR count). The lowest BCUT2D eigenvalue weighted by atomic mass is 9.68. The van der Waals surface area contributed by atoms with E-state index in [4.69, 9.17) is 0 Å². The van der Waals surface area contributed by atoms with Crippen molar-refractivity contribution in [2.45, 2.75) is 5.41 Å². The topological polar surface area (TPSA) is 3.24 Å². The van der Waals surface area contributed by atoms with Gasteiger partial charge in [0, 0.05) is 37.1 Å². The summed E-state index contributed by atoms with van der Waals surface area (Å²) >= 11 is 1.86. The molecule has 0 atom stereocenters. The Hall–Kier alpha value is -6.22. The van der Waals surface area contributed by atoms with Crippen molar-refractivity contribution in [2.75, 3.05) is 4.90 Å². The molecular weight excluding hydrogens is 635 g/mol. The molecule has 0 amide bonds. The molecule has 0 spiro atoms. The molecule has 8 aromatic carbocycles. The van der Waals surface area contributed by atoms with E-state index in [1.54, 1.807) is 0 Å². The number of hydrogen-bond donors (Lipinski definition) is 0. The Balaban J connectivity index is 1.26. The lowest BCUT2D eigenvalue weighted by molar-refractivity contribution is 0.768. The molecule has 1 aromatic heterocycles. The zero-order valence-corrected chi connectivity index (χ0v) is 28.7. The summed E-state index contributed by atoms with van der Waals surface area (Å²) in [5.74, 6) is 0. The second-order valence-corrected chi connectivity index (χ2v) is 14.3. The summed E-state index contributed by atoms with van der Waals surface area (Å²) in [6.45, 7) is 0. The molecule has 0 N–H and O–H groups in total. The van der Waals surface area contributed by atoms with Crippen molar-refractivity contribution in [2.24, 2.45) is 0 Å². The van der Waals surface area contributed by atoms with Crippen LogP contribution in [0.1, 0.15) is 22.3 Å². The van der Waals surface area contributed by atoms with Gasteiger partial charge in [-0.05, 0) is 81.4 Å². The molecule has 1 aliphatic rings. The first kappa shape index (κ1) is 29.7.